The van der Waals surface area contributed by atoms with E-state index in [0.717, 1.165) is 0 Å². The molecule has 0 amide bonds. The lowest BCUT2D eigenvalue weighted by Gasteiger charge is -2.32. The second-order valence-electron chi connectivity index (χ2n) is 15.4. The maximum absolute atomic E-state index is 2.38. The Labute approximate surface area is 268 Å². The molecule has 0 aliphatic carbocycles. The molecule has 1 heteroatoms. The van der Waals surface area contributed by atoms with E-state index < -0.39 is 0 Å². The van der Waals surface area contributed by atoms with Gasteiger partial charge in [-0.05, 0) is 88.3 Å². The SMILES string of the molecule is C/C(=C\C=C(/C)N(c1ccc(C(C)(C)C)cc1)c1ccc(C(C)(C)C)cc1)C(c1ccc(-c2ccccc2)cc1)C(C)(C)C. The molecule has 4 aromatic carbocycles. The first-order chi connectivity index (χ1) is 20.6. The van der Waals surface area contributed by atoms with Gasteiger partial charge in [-0.1, -0.05) is 153 Å². The summed E-state index contributed by atoms with van der Waals surface area (Å²) in [7, 11) is 0. The summed E-state index contributed by atoms with van der Waals surface area (Å²) in [5, 5.41) is 0. The first-order valence-corrected chi connectivity index (χ1v) is 16.1. The van der Waals surface area contributed by atoms with Crippen molar-refractivity contribution in [2.24, 2.45) is 5.41 Å². The van der Waals surface area contributed by atoms with Gasteiger partial charge in [0.1, 0.15) is 0 Å². The quantitative estimate of drug-likeness (QED) is 0.196. The molecule has 4 rings (SSSR count). The summed E-state index contributed by atoms with van der Waals surface area (Å²) in [5.74, 6) is 0.293. The Balaban J connectivity index is 1.72. The van der Waals surface area contributed by atoms with Crippen LogP contribution >= 0.6 is 0 Å². The molecule has 0 aliphatic rings. The van der Waals surface area contributed by atoms with Gasteiger partial charge in [0.05, 0.1) is 0 Å². The van der Waals surface area contributed by atoms with Crippen molar-refractivity contribution in [2.45, 2.75) is 92.9 Å². The van der Waals surface area contributed by atoms with Crippen molar-refractivity contribution < 1.29 is 0 Å². The fourth-order valence-electron chi connectivity index (χ4n) is 6.14. The maximum atomic E-state index is 2.38. The molecule has 0 aromatic heterocycles. The molecule has 1 atom stereocenters. The van der Waals surface area contributed by atoms with Crippen molar-refractivity contribution in [1.29, 1.82) is 0 Å². The minimum Gasteiger partial charge on any atom is -0.315 e. The van der Waals surface area contributed by atoms with Crippen LogP contribution in [0.5, 0.6) is 0 Å². The molecule has 0 radical (unpaired) electrons. The van der Waals surface area contributed by atoms with E-state index in [0.29, 0.717) is 5.92 Å². The number of anilines is 2. The van der Waals surface area contributed by atoms with Gasteiger partial charge in [0.25, 0.3) is 0 Å². The second kappa shape index (κ2) is 13.0. The van der Waals surface area contributed by atoms with Crippen LogP contribution in [0.15, 0.2) is 127 Å². The Bertz CT molecular complexity index is 1500. The van der Waals surface area contributed by atoms with Crippen molar-refractivity contribution in [3.63, 3.8) is 0 Å². The largest absolute Gasteiger partial charge is 0.315 e. The molecule has 0 N–H and O–H groups in total. The highest BCUT2D eigenvalue weighted by atomic mass is 15.1. The van der Waals surface area contributed by atoms with Crippen LogP contribution in [-0.2, 0) is 10.8 Å². The zero-order valence-corrected chi connectivity index (χ0v) is 29.0. The number of hydrogen-bond acceptors (Lipinski definition) is 1. The number of hydrogen-bond donors (Lipinski definition) is 0. The van der Waals surface area contributed by atoms with Crippen molar-refractivity contribution in [2.75, 3.05) is 4.90 Å². The van der Waals surface area contributed by atoms with E-state index in [1.54, 1.807) is 0 Å². The van der Waals surface area contributed by atoms with Crippen LogP contribution in [0, 0.1) is 5.41 Å². The van der Waals surface area contributed by atoms with Crippen molar-refractivity contribution in [3.8, 4) is 11.1 Å². The highest BCUT2D eigenvalue weighted by Crippen LogP contribution is 2.41. The lowest BCUT2D eigenvalue weighted by Crippen LogP contribution is -2.20. The molecule has 1 unspecified atom stereocenters. The standard InChI is InChI=1S/C43H53N/c1-31(40(43(9,10)11)35-21-19-34(20-22-35)33-15-13-12-14-16-33)17-18-32(2)44(38-27-23-36(24-28-38)41(3,4)5)39-29-25-37(26-30-39)42(6,7)8/h12-30,40H,1-11H3/b31-17+,32-18+. The Kier molecular flexibility index (Phi) is 9.79. The molecule has 0 heterocycles. The van der Waals surface area contributed by atoms with Gasteiger partial charge in [-0.3, -0.25) is 0 Å². The van der Waals surface area contributed by atoms with E-state index in [9.17, 15) is 0 Å². The number of allylic oxidation sites excluding steroid dienone is 4. The zero-order chi connectivity index (χ0) is 32.3. The van der Waals surface area contributed by atoms with Gasteiger partial charge in [0.2, 0.25) is 0 Å². The Morgan fingerprint density at radius 3 is 1.36 bits per heavy atom. The molecule has 1 nitrogen and oxygen atoms in total. The van der Waals surface area contributed by atoms with Gasteiger partial charge >= 0.3 is 0 Å². The average Bonchev–Trinajstić information content (AvgIpc) is 2.96. The molecule has 4 aromatic rings. The van der Waals surface area contributed by atoms with Crippen LogP contribution in [0.4, 0.5) is 11.4 Å². The smallest absolute Gasteiger partial charge is 0.0458 e. The van der Waals surface area contributed by atoms with Gasteiger partial charge in [0.15, 0.2) is 0 Å². The highest BCUT2D eigenvalue weighted by Gasteiger charge is 2.27. The summed E-state index contributed by atoms with van der Waals surface area (Å²) in [6.07, 6.45) is 4.62. The number of benzene rings is 4. The summed E-state index contributed by atoms with van der Waals surface area (Å²) in [4.78, 5) is 2.38. The Hall–Kier alpha value is -3.84. The van der Waals surface area contributed by atoms with E-state index >= 15 is 0 Å². The molecular formula is C43H53N. The van der Waals surface area contributed by atoms with Crippen LogP contribution in [0.3, 0.4) is 0 Å². The highest BCUT2D eigenvalue weighted by molar-refractivity contribution is 5.69. The van der Waals surface area contributed by atoms with E-state index in [-0.39, 0.29) is 16.2 Å². The summed E-state index contributed by atoms with van der Waals surface area (Å²) in [6, 6.07) is 37.9. The van der Waals surface area contributed by atoms with E-state index in [1.165, 1.54) is 50.5 Å². The van der Waals surface area contributed by atoms with E-state index in [1.807, 2.05) is 0 Å². The normalized spacial score (nSPS) is 14.0. The molecule has 0 saturated heterocycles. The van der Waals surface area contributed by atoms with Gasteiger partial charge in [-0.25, -0.2) is 0 Å². The van der Waals surface area contributed by atoms with Gasteiger partial charge < -0.3 is 4.90 Å². The molecule has 0 spiro atoms. The van der Waals surface area contributed by atoms with Crippen LogP contribution in [0.1, 0.15) is 98.8 Å². The molecular weight excluding hydrogens is 530 g/mol. The monoisotopic (exact) mass is 583 g/mol. The number of nitrogens with zero attached hydrogens (tertiary/aromatic N) is 1. The predicted molar refractivity (Wildman–Crippen MR) is 194 cm³/mol. The fraction of sp³-hybridized carbons (Fsp3) is 0.349. The minimum absolute atomic E-state index is 0.0713. The van der Waals surface area contributed by atoms with Crippen LogP contribution in [0.2, 0.25) is 0 Å². The Morgan fingerprint density at radius 1 is 0.523 bits per heavy atom. The average molecular weight is 584 g/mol. The summed E-state index contributed by atoms with van der Waals surface area (Å²) in [5.41, 5.74) is 11.7. The molecule has 0 saturated carbocycles. The molecule has 0 bridgehead atoms. The van der Waals surface area contributed by atoms with Crippen LogP contribution < -0.4 is 4.90 Å². The second-order valence-corrected chi connectivity index (χ2v) is 15.4. The predicted octanol–water partition coefficient (Wildman–Crippen LogP) is 12.8. The van der Waals surface area contributed by atoms with E-state index in [4.69, 9.17) is 0 Å². The van der Waals surface area contributed by atoms with Crippen LogP contribution in [0.25, 0.3) is 11.1 Å². The molecule has 0 fully saturated rings. The molecule has 230 valence electrons. The summed E-state index contributed by atoms with van der Waals surface area (Å²) in [6.45, 7) is 25.1. The van der Waals surface area contributed by atoms with Crippen molar-refractivity contribution >= 4 is 11.4 Å². The third kappa shape index (κ3) is 8.00. The number of rotatable bonds is 7. The summed E-state index contributed by atoms with van der Waals surface area (Å²) >= 11 is 0. The first-order valence-electron chi connectivity index (χ1n) is 16.1. The fourth-order valence-corrected chi connectivity index (χ4v) is 6.14. The first kappa shape index (κ1) is 33.1. The Morgan fingerprint density at radius 2 is 0.955 bits per heavy atom. The van der Waals surface area contributed by atoms with Crippen molar-refractivity contribution in [3.05, 3.63) is 143 Å². The lowest BCUT2D eigenvalue weighted by atomic mass is 9.72. The maximum Gasteiger partial charge on any atom is 0.0458 e. The molecule has 44 heavy (non-hydrogen) atoms. The lowest BCUT2D eigenvalue weighted by molar-refractivity contribution is 0.354. The van der Waals surface area contributed by atoms with Gasteiger partial charge in [-0.15, -0.1) is 0 Å². The van der Waals surface area contributed by atoms with Gasteiger partial charge in [-0.2, -0.15) is 0 Å². The van der Waals surface area contributed by atoms with Crippen molar-refractivity contribution in [1.82, 2.24) is 0 Å². The van der Waals surface area contributed by atoms with Gasteiger partial charge in [0, 0.05) is 23.0 Å². The third-order valence-corrected chi connectivity index (χ3v) is 8.60. The summed E-state index contributed by atoms with van der Waals surface area (Å²) < 4.78 is 0. The topological polar surface area (TPSA) is 3.24 Å². The third-order valence-electron chi connectivity index (χ3n) is 8.60. The van der Waals surface area contributed by atoms with Crippen LogP contribution in [-0.4, -0.2) is 0 Å². The zero-order valence-electron chi connectivity index (χ0n) is 29.0. The molecule has 0 aliphatic heterocycles. The minimum atomic E-state index is 0.0713. The van der Waals surface area contributed by atoms with E-state index in [2.05, 4.69) is 196 Å².